The first-order valence-corrected chi connectivity index (χ1v) is 10.8. The van der Waals surface area contributed by atoms with Crippen LogP contribution in [0.1, 0.15) is 5.56 Å². The van der Waals surface area contributed by atoms with Crippen molar-refractivity contribution in [3.8, 4) is 11.5 Å². The summed E-state index contributed by atoms with van der Waals surface area (Å²) in [7, 11) is 1.41. The number of nitrogens with zero attached hydrogens (tertiary/aromatic N) is 2. The molecule has 178 valence electrons. The molecule has 0 amide bonds. The first-order chi connectivity index (χ1) is 15.8. The number of rotatable bonds is 10. The van der Waals surface area contributed by atoms with E-state index in [-0.39, 0.29) is 11.5 Å². The van der Waals surface area contributed by atoms with Gasteiger partial charge in [0.15, 0.2) is 23.8 Å². The van der Waals surface area contributed by atoms with Crippen LogP contribution in [0.5, 0.6) is 11.5 Å². The van der Waals surface area contributed by atoms with Crippen molar-refractivity contribution >= 4 is 38.3 Å². The maximum Gasteiger partial charge on any atom is 0.164 e. The highest BCUT2D eigenvalue weighted by atomic mass is 79.9. The summed E-state index contributed by atoms with van der Waals surface area (Å²) in [5.41, 5.74) is 2.36. The van der Waals surface area contributed by atoms with Gasteiger partial charge in [0.05, 0.1) is 25.8 Å². The van der Waals surface area contributed by atoms with Crippen LogP contribution in [0.3, 0.4) is 0 Å². The molecule has 2 aromatic carbocycles. The van der Waals surface area contributed by atoms with Gasteiger partial charge in [0.25, 0.3) is 0 Å². The Balaban J connectivity index is 1.93. The number of fused-ring (bicyclic) bond motifs is 1. The van der Waals surface area contributed by atoms with E-state index in [1.54, 1.807) is 6.07 Å². The number of hydrogen-bond acceptors (Lipinski definition) is 9. The lowest BCUT2D eigenvalue weighted by Gasteiger charge is -2.28. The van der Waals surface area contributed by atoms with Gasteiger partial charge in [-0.2, -0.15) is 0 Å². The molecule has 0 fully saturated rings. The molecule has 4 atom stereocenters. The van der Waals surface area contributed by atoms with Gasteiger partial charge in [0, 0.05) is 21.6 Å². The van der Waals surface area contributed by atoms with E-state index >= 15 is 0 Å². The van der Waals surface area contributed by atoms with E-state index in [0.29, 0.717) is 16.7 Å². The number of anilines is 2. The summed E-state index contributed by atoms with van der Waals surface area (Å²) in [6.45, 7) is 0.268. The van der Waals surface area contributed by atoms with Crippen LogP contribution < -0.4 is 14.8 Å². The molecule has 0 aliphatic rings. The summed E-state index contributed by atoms with van der Waals surface area (Å²) >= 11 is 3.50. The highest BCUT2D eigenvalue weighted by Gasteiger charge is 2.34. The zero-order chi connectivity index (χ0) is 24.1. The monoisotopic (exact) mass is 525 g/mol. The van der Waals surface area contributed by atoms with Gasteiger partial charge in [0.1, 0.15) is 24.4 Å². The summed E-state index contributed by atoms with van der Waals surface area (Å²) in [5, 5.41) is 42.4. The topological polar surface area (TPSA) is 137 Å². The molecule has 11 heteroatoms. The minimum absolute atomic E-state index is 0.109. The highest BCUT2D eigenvalue weighted by Crippen LogP contribution is 2.36. The van der Waals surface area contributed by atoms with E-state index in [1.807, 2.05) is 25.1 Å². The largest absolute Gasteiger partial charge is 0.493 e. The van der Waals surface area contributed by atoms with Crippen LogP contribution in [0.2, 0.25) is 0 Å². The van der Waals surface area contributed by atoms with Gasteiger partial charge in [-0.3, -0.25) is 0 Å². The normalized spacial score (nSPS) is 15.0. The van der Waals surface area contributed by atoms with Gasteiger partial charge in [0.2, 0.25) is 0 Å². The molecule has 1 heterocycles. The minimum Gasteiger partial charge on any atom is -0.493 e. The van der Waals surface area contributed by atoms with Crippen molar-refractivity contribution in [2.24, 2.45) is 0 Å². The molecule has 0 spiro atoms. The lowest BCUT2D eigenvalue weighted by molar-refractivity contribution is -0.0981. The number of methoxy groups -OCH3 is 1. The molecule has 3 rings (SSSR count). The predicted molar refractivity (Wildman–Crippen MR) is 124 cm³/mol. The third-order valence-electron chi connectivity index (χ3n) is 5.09. The fourth-order valence-electron chi connectivity index (χ4n) is 3.14. The lowest BCUT2D eigenvalue weighted by atomic mass is 10.0. The number of benzene rings is 2. The Kier molecular flexibility index (Phi) is 8.38. The maximum absolute atomic E-state index is 13.6. The molecule has 5 N–H and O–H groups in total. The Morgan fingerprint density at radius 3 is 2.45 bits per heavy atom. The number of aromatic nitrogens is 2. The Morgan fingerprint density at radius 1 is 1.06 bits per heavy atom. The number of hydrogen-bond donors (Lipinski definition) is 5. The molecule has 3 aromatic rings. The van der Waals surface area contributed by atoms with Crippen molar-refractivity contribution in [3.63, 3.8) is 0 Å². The number of nitrogens with one attached hydrogen (secondary N) is 1. The second-order valence-electron chi connectivity index (χ2n) is 7.35. The van der Waals surface area contributed by atoms with Crippen molar-refractivity contribution in [1.29, 1.82) is 0 Å². The van der Waals surface area contributed by atoms with Crippen molar-refractivity contribution in [1.82, 2.24) is 9.97 Å². The smallest absolute Gasteiger partial charge is 0.164 e. The Bertz CT molecular complexity index is 1110. The molecule has 0 aliphatic carbocycles. The third-order valence-corrected chi connectivity index (χ3v) is 5.94. The van der Waals surface area contributed by atoms with Crippen LogP contribution in [0.25, 0.3) is 10.9 Å². The Labute approximate surface area is 198 Å². The first-order valence-electron chi connectivity index (χ1n) is 10.0. The van der Waals surface area contributed by atoms with E-state index in [1.165, 1.54) is 19.5 Å². The van der Waals surface area contributed by atoms with E-state index in [9.17, 15) is 19.7 Å². The number of aliphatic hydroxyl groups excluding tert-OH is 4. The molecule has 9 nitrogen and oxygen atoms in total. The second kappa shape index (κ2) is 11.0. The maximum atomic E-state index is 13.6. The number of halogens is 2. The van der Waals surface area contributed by atoms with Crippen LogP contribution >= 0.6 is 15.9 Å². The van der Waals surface area contributed by atoms with E-state index in [4.69, 9.17) is 14.6 Å². The van der Waals surface area contributed by atoms with Crippen molar-refractivity contribution < 1.29 is 34.3 Å². The molecular formula is C22H25BrFN3O6. The summed E-state index contributed by atoms with van der Waals surface area (Å²) in [6.07, 6.45) is -5.88. The summed E-state index contributed by atoms with van der Waals surface area (Å²) in [4.78, 5) is 8.55. The van der Waals surface area contributed by atoms with Crippen LogP contribution in [-0.4, -0.2) is 75.2 Å². The minimum atomic E-state index is -2.10. The fraction of sp³-hybridized carbons (Fsp3) is 0.364. The van der Waals surface area contributed by atoms with Gasteiger partial charge in [-0.15, -0.1) is 0 Å². The SMILES string of the molecule is COc1cc2c(Nc3ccc(C)c(Br)c3)ncnc2cc1O[C@H](CO)[C@H](O)[C@@H](O)[C@H](F)CO. The quantitative estimate of drug-likeness (QED) is 0.269. The van der Waals surface area contributed by atoms with Crippen LogP contribution in [0.4, 0.5) is 15.9 Å². The lowest BCUT2D eigenvalue weighted by Crippen LogP contribution is -2.48. The Morgan fingerprint density at radius 2 is 1.82 bits per heavy atom. The van der Waals surface area contributed by atoms with Crippen molar-refractivity contribution in [3.05, 3.63) is 46.7 Å². The van der Waals surface area contributed by atoms with Crippen molar-refractivity contribution in [2.45, 2.75) is 31.4 Å². The summed E-state index contributed by atoms with van der Waals surface area (Å²) in [6, 6.07) is 8.93. The average molecular weight is 526 g/mol. The van der Waals surface area contributed by atoms with Crippen LogP contribution in [0.15, 0.2) is 41.1 Å². The molecule has 0 aliphatic heterocycles. The van der Waals surface area contributed by atoms with Gasteiger partial charge in [-0.1, -0.05) is 22.0 Å². The van der Waals surface area contributed by atoms with Gasteiger partial charge < -0.3 is 35.2 Å². The number of aryl methyl sites for hydroxylation is 1. The predicted octanol–water partition coefficient (Wildman–Crippen LogP) is 2.24. The van der Waals surface area contributed by atoms with Crippen molar-refractivity contribution in [2.75, 3.05) is 25.6 Å². The van der Waals surface area contributed by atoms with E-state index in [0.717, 1.165) is 15.7 Å². The number of alkyl halides is 1. The average Bonchev–Trinajstić information content (AvgIpc) is 2.83. The highest BCUT2D eigenvalue weighted by molar-refractivity contribution is 9.10. The zero-order valence-corrected chi connectivity index (χ0v) is 19.5. The molecule has 33 heavy (non-hydrogen) atoms. The van der Waals surface area contributed by atoms with Crippen LogP contribution in [0, 0.1) is 6.92 Å². The standard InChI is InChI=1S/C22H25BrFN3O6/c1-11-3-4-12(5-14(11)23)27-22-13-6-17(32-2)18(7-16(13)25-10-26-22)33-19(9-29)21(31)20(30)15(24)8-28/h3-7,10,15,19-21,28-31H,8-9H2,1-2H3,(H,25,26,27)/t15-,19-,20+,21+/m1/s1. The third kappa shape index (κ3) is 5.68. The fourth-order valence-corrected chi connectivity index (χ4v) is 3.52. The molecule has 1 aromatic heterocycles. The van der Waals surface area contributed by atoms with E-state index in [2.05, 4.69) is 31.2 Å². The molecule has 0 bridgehead atoms. The van der Waals surface area contributed by atoms with Crippen LogP contribution in [-0.2, 0) is 0 Å². The summed E-state index contributed by atoms with van der Waals surface area (Å²) in [5.74, 6) is 0.861. The van der Waals surface area contributed by atoms with Gasteiger partial charge in [-0.05, 0) is 30.7 Å². The molecule has 0 saturated carbocycles. The summed E-state index contributed by atoms with van der Waals surface area (Å²) < 4.78 is 25.6. The Hall–Kier alpha value is -2.57. The first kappa shape index (κ1) is 25.1. The molecule has 0 radical (unpaired) electrons. The zero-order valence-electron chi connectivity index (χ0n) is 17.9. The second-order valence-corrected chi connectivity index (χ2v) is 8.20. The van der Waals surface area contributed by atoms with E-state index < -0.39 is 37.7 Å². The molecular weight excluding hydrogens is 501 g/mol. The number of aliphatic hydroxyl groups is 4. The van der Waals surface area contributed by atoms with Gasteiger partial charge >= 0.3 is 0 Å². The molecule has 0 saturated heterocycles. The number of ether oxygens (including phenoxy) is 2. The van der Waals surface area contributed by atoms with Gasteiger partial charge in [-0.25, -0.2) is 14.4 Å². The molecule has 0 unspecified atom stereocenters.